The van der Waals surface area contributed by atoms with E-state index in [0.29, 0.717) is 12.5 Å². The van der Waals surface area contributed by atoms with Gasteiger partial charge in [0.1, 0.15) is 0 Å². The maximum Gasteiger partial charge on any atom is 0.220 e. The minimum atomic E-state index is -0.164. The van der Waals surface area contributed by atoms with Crippen molar-refractivity contribution in [3.8, 4) is 0 Å². The first-order valence-corrected chi connectivity index (χ1v) is 6.36. The maximum atomic E-state index is 11.0. The van der Waals surface area contributed by atoms with Gasteiger partial charge in [-0.1, -0.05) is 0 Å². The molecule has 1 aliphatic carbocycles. The molecule has 0 aliphatic heterocycles. The second-order valence-corrected chi connectivity index (χ2v) is 4.68. The van der Waals surface area contributed by atoms with E-state index in [-0.39, 0.29) is 17.7 Å². The molecule has 5 heteroatoms. The molecule has 1 fully saturated rings. The lowest BCUT2D eigenvalue weighted by molar-refractivity contribution is -0.123. The minimum absolute atomic E-state index is 0.0684. The Hall–Kier alpha value is -1.10. The molecule has 0 bridgehead atoms. The summed E-state index contributed by atoms with van der Waals surface area (Å²) < 4.78 is 0. The Labute approximate surface area is 103 Å². The number of primary amides is 1. The smallest absolute Gasteiger partial charge is 0.220 e. The highest BCUT2D eigenvalue weighted by atomic mass is 16.1. The van der Waals surface area contributed by atoms with E-state index in [0.717, 1.165) is 38.6 Å². The van der Waals surface area contributed by atoms with Gasteiger partial charge in [-0.25, -0.2) is 0 Å². The summed E-state index contributed by atoms with van der Waals surface area (Å²) in [6.45, 7) is 0.860. The van der Waals surface area contributed by atoms with E-state index in [2.05, 4.69) is 10.6 Å². The Morgan fingerprint density at radius 3 is 2.41 bits per heavy atom. The van der Waals surface area contributed by atoms with Gasteiger partial charge in [-0.2, -0.15) is 0 Å². The normalized spacial score (nSPS) is 24.3. The van der Waals surface area contributed by atoms with Crippen LogP contribution in [0.4, 0.5) is 0 Å². The van der Waals surface area contributed by atoms with Crippen molar-refractivity contribution in [2.45, 2.75) is 44.6 Å². The van der Waals surface area contributed by atoms with Gasteiger partial charge in [0.15, 0.2) is 0 Å². The molecule has 0 unspecified atom stereocenters. The SMILES string of the molecule is CNC(=O)CCCNC1CCC(C(N)=O)CC1. The summed E-state index contributed by atoms with van der Waals surface area (Å²) in [5.41, 5.74) is 5.28. The van der Waals surface area contributed by atoms with Gasteiger partial charge in [0.2, 0.25) is 11.8 Å². The maximum absolute atomic E-state index is 11.0. The Morgan fingerprint density at radius 1 is 1.24 bits per heavy atom. The fourth-order valence-corrected chi connectivity index (χ4v) is 2.26. The van der Waals surface area contributed by atoms with Gasteiger partial charge in [-0.15, -0.1) is 0 Å². The van der Waals surface area contributed by atoms with Crippen molar-refractivity contribution in [3.05, 3.63) is 0 Å². The number of nitrogens with one attached hydrogen (secondary N) is 2. The average molecular weight is 241 g/mol. The molecule has 0 aromatic heterocycles. The van der Waals surface area contributed by atoms with Crippen LogP contribution >= 0.6 is 0 Å². The lowest BCUT2D eigenvalue weighted by Crippen LogP contribution is -2.37. The topological polar surface area (TPSA) is 84.2 Å². The van der Waals surface area contributed by atoms with E-state index in [1.54, 1.807) is 7.05 Å². The molecule has 1 rings (SSSR count). The highest BCUT2D eigenvalue weighted by molar-refractivity contribution is 5.76. The Kier molecular flexibility index (Phi) is 5.97. The van der Waals surface area contributed by atoms with Crippen LogP contribution in [0.25, 0.3) is 0 Å². The fourth-order valence-electron chi connectivity index (χ4n) is 2.26. The van der Waals surface area contributed by atoms with Crippen molar-refractivity contribution in [3.63, 3.8) is 0 Å². The Bertz CT molecular complexity index is 260. The quantitative estimate of drug-likeness (QED) is 0.579. The molecule has 1 aliphatic rings. The van der Waals surface area contributed by atoms with Crippen LogP contribution in [0.1, 0.15) is 38.5 Å². The van der Waals surface area contributed by atoms with Crippen LogP contribution in [-0.2, 0) is 9.59 Å². The molecule has 0 aromatic rings. The fraction of sp³-hybridized carbons (Fsp3) is 0.833. The van der Waals surface area contributed by atoms with Gasteiger partial charge >= 0.3 is 0 Å². The van der Waals surface area contributed by atoms with Crippen molar-refractivity contribution in [2.24, 2.45) is 11.7 Å². The van der Waals surface area contributed by atoms with Gasteiger partial charge < -0.3 is 16.4 Å². The zero-order chi connectivity index (χ0) is 12.7. The molecule has 0 spiro atoms. The summed E-state index contributed by atoms with van der Waals surface area (Å²) in [6.07, 6.45) is 5.22. The van der Waals surface area contributed by atoms with Crippen LogP contribution in [0, 0.1) is 5.92 Å². The van der Waals surface area contributed by atoms with Gasteiger partial charge in [-0.3, -0.25) is 9.59 Å². The van der Waals surface area contributed by atoms with E-state index < -0.39 is 0 Å². The second-order valence-electron chi connectivity index (χ2n) is 4.68. The van der Waals surface area contributed by atoms with Gasteiger partial charge in [0, 0.05) is 25.4 Å². The van der Waals surface area contributed by atoms with Crippen molar-refractivity contribution >= 4 is 11.8 Å². The lowest BCUT2D eigenvalue weighted by Gasteiger charge is -2.27. The summed E-state index contributed by atoms with van der Waals surface area (Å²) in [5.74, 6) is -0.00813. The Balaban J connectivity index is 2.06. The molecule has 2 amide bonds. The van der Waals surface area contributed by atoms with Gasteiger partial charge in [0.25, 0.3) is 0 Å². The van der Waals surface area contributed by atoms with Crippen molar-refractivity contribution in [2.75, 3.05) is 13.6 Å². The molecular formula is C12H23N3O2. The van der Waals surface area contributed by atoms with Crippen LogP contribution in [0.15, 0.2) is 0 Å². The first kappa shape index (κ1) is 14.0. The van der Waals surface area contributed by atoms with E-state index in [9.17, 15) is 9.59 Å². The molecule has 98 valence electrons. The number of nitrogens with two attached hydrogens (primary N) is 1. The first-order valence-electron chi connectivity index (χ1n) is 6.36. The lowest BCUT2D eigenvalue weighted by atomic mass is 9.85. The number of amides is 2. The number of rotatable bonds is 6. The molecule has 1 saturated carbocycles. The average Bonchev–Trinajstić information content (AvgIpc) is 2.34. The van der Waals surface area contributed by atoms with Crippen molar-refractivity contribution in [1.29, 1.82) is 0 Å². The molecule has 0 atom stereocenters. The Morgan fingerprint density at radius 2 is 1.88 bits per heavy atom. The molecule has 5 nitrogen and oxygen atoms in total. The molecular weight excluding hydrogens is 218 g/mol. The zero-order valence-corrected chi connectivity index (χ0v) is 10.5. The number of carbonyl (C=O) groups excluding carboxylic acids is 2. The molecule has 0 radical (unpaired) electrons. The van der Waals surface area contributed by atoms with Crippen LogP contribution < -0.4 is 16.4 Å². The highest BCUT2D eigenvalue weighted by Crippen LogP contribution is 2.23. The standard InChI is InChI=1S/C12H23N3O2/c1-14-11(16)3-2-8-15-10-6-4-9(5-7-10)12(13)17/h9-10,15H,2-8H2,1H3,(H2,13,17)(H,14,16). The number of carbonyl (C=O) groups is 2. The van der Waals surface area contributed by atoms with Crippen LogP contribution in [0.2, 0.25) is 0 Å². The third-order valence-corrected chi connectivity index (χ3v) is 3.42. The predicted octanol–water partition coefficient (Wildman–Crippen LogP) is 0.146. The van der Waals surface area contributed by atoms with E-state index in [1.807, 2.05) is 0 Å². The van der Waals surface area contributed by atoms with Crippen molar-refractivity contribution in [1.82, 2.24) is 10.6 Å². The summed E-state index contributed by atoms with van der Waals surface area (Å²) in [4.78, 5) is 22.0. The summed E-state index contributed by atoms with van der Waals surface area (Å²) >= 11 is 0. The van der Waals surface area contributed by atoms with Crippen molar-refractivity contribution < 1.29 is 9.59 Å². The monoisotopic (exact) mass is 241 g/mol. The highest BCUT2D eigenvalue weighted by Gasteiger charge is 2.23. The number of hydrogen-bond acceptors (Lipinski definition) is 3. The third kappa shape index (κ3) is 5.17. The molecule has 4 N–H and O–H groups in total. The molecule has 0 saturated heterocycles. The largest absolute Gasteiger partial charge is 0.369 e. The zero-order valence-electron chi connectivity index (χ0n) is 10.5. The number of hydrogen-bond donors (Lipinski definition) is 3. The summed E-state index contributed by atoms with van der Waals surface area (Å²) in [6, 6.07) is 0.482. The first-order chi connectivity index (χ1) is 8.13. The molecule has 0 aromatic carbocycles. The van der Waals surface area contributed by atoms with E-state index >= 15 is 0 Å². The van der Waals surface area contributed by atoms with E-state index in [4.69, 9.17) is 5.73 Å². The van der Waals surface area contributed by atoms with Gasteiger partial charge in [0.05, 0.1) is 0 Å². The van der Waals surface area contributed by atoms with Crippen LogP contribution in [-0.4, -0.2) is 31.4 Å². The predicted molar refractivity (Wildman–Crippen MR) is 66.2 cm³/mol. The van der Waals surface area contributed by atoms with E-state index in [1.165, 1.54) is 0 Å². The molecule has 17 heavy (non-hydrogen) atoms. The second kappa shape index (κ2) is 7.27. The van der Waals surface area contributed by atoms with Crippen LogP contribution in [0.3, 0.4) is 0 Å². The summed E-state index contributed by atoms with van der Waals surface area (Å²) in [7, 11) is 1.65. The summed E-state index contributed by atoms with van der Waals surface area (Å²) in [5, 5.41) is 6.03. The minimum Gasteiger partial charge on any atom is -0.369 e. The molecule has 0 heterocycles. The van der Waals surface area contributed by atoms with Crippen LogP contribution in [0.5, 0.6) is 0 Å². The van der Waals surface area contributed by atoms with Gasteiger partial charge in [-0.05, 0) is 38.6 Å². The third-order valence-electron chi connectivity index (χ3n) is 3.42.